The number of rotatable bonds is 13. The van der Waals surface area contributed by atoms with E-state index in [-0.39, 0.29) is 25.2 Å². The maximum Gasteiger partial charge on any atom is 0.245 e. The Kier molecular flexibility index (Phi) is 9.37. The van der Waals surface area contributed by atoms with Crippen LogP contribution >= 0.6 is 0 Å². The van der Waals surface area contributed by atoms with Crippen molar-refractivity contribution < 1.29 is 33.8 Å². The van der Waals surface area contributed by atoms with Crippen molar-refractivity contribution in [1.29, 1.82) is 0 Å². The Hall–Kier alpha value is -3.76. The van der Waals surface area contributed by atoms with Gasteiger partial charge in [-0.15, -0.1) is 0 Å². The van der Waals surface area contributed by atoms with Gasteiger partial charge in [0.25, 0.3) is 0 Å². The molecule has 1 aliphatic rings. The number of nitrogens with one attached hydrogen (secondary N) is 3. The molecule has 0 aromatic heterocycles. The molecular weight excluding hydrogens is 478 g/mol. The van der Waals surface area contributed by atoms with E-state index in [1.807, 2.05) is 30.3 Å². The predicted molar refractivity (Wildman–Crippen MR) is 135 cm³/mol. The number of aliphatic hydroxyl groups excluding tert-OH is 1. The van der Waals surface area contributed by atoms with Gasteiger partial charge in [0, 0.05) is 13.3 Å². The Morgan fingerprint density at radius 1 is 0.892 bits per heavy atom. The zero-order valence-corrected chi connectivity index (χ0v) is 21.2. The van der Waals surface area contributed by atoms with Gasteiger partial charge < -0.3 is 30.5 Å². The zero-order valence-electron chi connectivity index (χ0n) is 21.2. The minimum absolute atomic E-state index is 0.0970. The van der Waals surface area contributed by atoms with Crippen molar-refractivity contribution in [3.8, 4) is 5.75 Å². The third kappa shape index (κ3) is 7.86. The summed E-state index contributed by atoms with van der Waals surface area (Å²) in [4.78, 5) is 51.0. The number of hydrogen-bond acceptors (Lipinski definition) is 7. The van der Waals surface area contributed by atoms with Crippen LogP contribution in [-0.2, 0) is 36.8 Å². The molecule has 0 saturated carbocycles. The van der Waals surface area contributed by atoms with Crippen LogP contribution in [0.3, 0.4) is 0 Å². The first kappa shape index (κ1) is 27.8. The van der Waals surface area contributed by atoms with Crippen molar-refractivity contribution in [3.05, 3.63) is 65.7 Å². The van der Waals surface area contributed by atoms with Crippen molar-refractivity contribution in [2.45, 2.75) is 50.4 Å². The Balaban J connectivity index is 1.83. The quantitative estimate of drug-likeness (QED) is 0.283. The molecule has 1 fully saturated rings. The number of methoxy groups -OCH3 is 1. The van der Waals surface area contributed by atoms with Gasteiger partial charge >= 0.3 is 0 Å². The molecule has 4 N–H and O–H groups in total. The van der Waals surface area contributed by atoms with Gasteiger partial charge in [-0.05, 0) is 36.6 Å². The Labute approximate surface area is 215 Å². The average molecular weight is 512 g/mol. The lowest BCUT2D eigenvalue weighted by atomic mass is 9.94. The molecule has 10 nitrogen and oxygen atoms in total. The topological polar surface area (TPSA) is 146 Å². The maximum absolute atomic E-state index is 13.5. The van der Waals surface area contributed by atoms with E-state index in [9.17, 15) is 24.3 Å². The molecule has 0 bridgehead atoms. The highest BCUT2D eigenvalue weighted by Gasteiger charge is 2.50. The number of hydrogen-bond donors (Lipinski definition) is 4. The average Bonchev–Trinajstić information content (AvgIpc) is 3.65. The second-order valence-corrected chi connectivity index (χ2v) is 9.18. The summed E-state index contributed by atoms with van der Waals surface area (Å²) in [6.07, 6.45) is 0.346. The van der Waals surface area contributed by atoms with Gasteiger partial charge in [-0.1, -0.05) is 42.5 Å². The number of ether oxygens (including phenoxy) is 2. The first-order chi connectivity index (χ1) is 17.6. The molecular formula is C27H33N3O7. The second kappa shape index (κ2) is 12.5. The Bertz CT molecular complexity index is 1100. The van der Waals surface area contributed by atoms with Gasteiger partial charge in [-0.3, -0.25) is 19.2 Å². The van der Waals surface area contributed by atoms with Crippen LogP contribution in [0.2, 0.25) is 0 Å². The molecule has 10 heteroatoms. The summed E-state index contributed by atoms with van der Waals surface area (Å²) >= 11 is 0. The lowest BCUT2D eigenvalue weighted by molar-refractivity contribution is -0.134. The highest BCUT2D eigenvalue weighted by atomic mass is 16.6. The van der Waals surface area contributed by atoms with Crippen LogP contribution in [0.15, 0.2) is 54.6 Å². The molecule has 0 unspecified atom stereocenters. The summed E-state index contributed by atoms with van der Waals surface area (Å²) in [5, 5.41) is 17.3. The Morgan fingerprint density at radius 2 is 1.43 bits per heavy atom. The number of epoxide rings is 1. The van der Waals surface area contributed by atoms with Crippen LogP contribution in [0.5, 0.6) is 5.75 Å². The molecule has 2 aromatic rings. The minimum atomic E-state index is -1.23. The highest BCUT2D eigenvalue weighted by molar-refractivity contribution is 5.98. The highest BCUT2D eigenvalue weighted by Crippen LogP contribution is 2.29. The maximum atomic E-state index is 13.5. The van der Waals surface area contributed by atoms with E-state index in [2.05, 4.69) is 16.0 Å². The molecule has 198 valence electrons. The van der Waals surface area contributed by atoms with E-state index in [4.69, 9.17) is 9.47 Å². The van der Waals surface area contributed by atoms with Crippen LogP contribution in [0, 0.1) is 0 Å². The number of carbonyl (C=O) groups is 4. The van der Waals surface area contributed by atoms with Gasteiger partial charge in [0.05, 0.1) is 26.4 Å². The number of Topliss-reactive ketones (excluding diaryl/α,β-unsaturated/α-hetero) is 1. The minimum Gasteiger partial charge on any atom is -0.497 e. The van der Waals surface area contributed by atoms with Crippen LogP contribution < -0.4 is 20.7 Å². The van der Waals surface area contributed by atoms with Crippen molar-refractivity contribution >= 4 is 23.5 Å². The van der Waals surface area contributed by atoms with E-state index >= 15 is 0 Å². The van der Waals surface area contributed by atoms with Gasteiger partial charge in [0.2, 0.25) is 17.7 Å². The van der Waals surface area contributed by atoms with Crippen LogP contribution in [0.4, 0.5) is 0 Å². The lowest BCUT2D eigenvalue weighted by Crippen LogP contribution is -2.58. The third-order valence-corrected chi connectivity index (χ3v) is 6.12. The molecule has 0 spiro atoms. The third-order valence-electron chi connectivity index (χ3n) is 6.12. The largest absolute Gasteiger partial charge is 0.497 e. The molecule has 1 saturated heterocycles. The second-order valence-electron chi connectivity index (χ2n) is 9.18. The lowest BCUT2D eigenvalue weighted by Gasteiger charge is -2.25. The fourth-order valence-corrected chi connectivity index (χ4v) is 3.87. The molecule has 4 atom stereocenters. The van der Waals surface area contributed by atoms with Crippen LogP contribution in [0.25, 0.3) is 0 Å². The molecule has 0 radical (unpaired) electrons. The molecule has 37 heavy (non-hydrogen) atoms. The monoisotopic (exact) mass is 511 g/mol. The molecule has 3 amide bonds. The number of amides is 3. The fraction of sp³-hybridized carbons (Fsp3) is 0.407. The summed E-state index contributed by atoms with van der Waals surface area (Å²) in [6, 6.07) is 13.0. The molecule has 0 aliphatic carbocycles. The summed E-state index contributed by atoms with van der Waals surface area (Å²) in [5.74, 6) is -1.44. The van der Waals surface area contributed by atoms with E-state index in [1.54, 1.807) is 31.2 Å². The predicted octanol–water partition coefficient (Wildman–Crippen LogP) is 0.305. The number of benzene rings is 2. The molecule has 1 heterocycles. The number of ketones is 1. The smallest absolute Gasteiger partial charge is 0.245 e. The Morgan fingerprint density at radius 3 is 1.97 bits per heavy atom. The summed E-state index contributed by atoms with van der Waals surface area (Å²) in [7, 11) is 1.54. The van der Waals surface area contributed by atoms with E-state index in [0.29, 0.717) is 5.75 Å². The summed E-state index contributed by atoms with van der Waals surface area (Å²) < 4.78 is 10.5. The number of aliphatic hydroxyl groups is 1. The zero-order chi connectivity index (χ0) is 27.0. The van der Waals surface area contributed by atoms with Gasteiger partial charge in [-0.2, -0.15) is 0 Å². The van der Waals surface area contributed by atoms with Crippen molar-refractivity contribution in [2.24, 2.45) is 0 Å². The summed E-state index contributed by atoms with van der Waals surface area (Å²) in [6.45, 7) is 2.52. The fourth-order valence-electron chi connectivity index (χ4n) is 3.87. The van der Waals surface area contributed by atoms with E-state index in [1.165, 1.54) is 14.0 Å². The molecule has 3 rings (SSSR count). The van der Waals surface area contributed by atoms with Crippen molar-refractivity contribution in [3.63, 3.8) is 0 Å². The van der Waals surface area contributed by atoms with Crippen LogP contribution in [0.1, 0.15) is 25.0 Å². The standard InChI is InChI=1S/C27H33N3O7/c1-17(32)28-23(15-31)26(35)30-22(14-19-9-11-20(36-3)12-10-19)25(34)29-21(24(33)27(2)16-37-27)13-18-7-5-4-6-8-18/h4-12,21-23,31H,13-16H2,1-3H3,(H,28,32)(H,29,34)(H,30,35)/t21-,22-,23-,27+/m0/s1. The van der Waals surface area contributed by atoms with Crippen molar-refractivity contribution in [1.82, 2.24) is 16.0 Å². The molecule has 1 aliphatic heterocycles. The van der Waals surface area contributed by atoms with Crippen LogP contribution in [-0.4, -0.2) is 72.7 Å². The summed E-state index contributed by atoms with van der Waals surface area (Å²) in [5.41, 5.74) is 0.617. The van der Waals surface area contributed by atoms with Gasteiger partial charge in [0.1, 0.15) is 23.4 Å². The molecule has 2 aromatic carbocycles. The van der Waals surface area contributed by atoms with Gasteiger partial charge in [0.15, 0.2) is 5.78 Å². The van der Waals surface area contributed by atoms with Gasteiger partial charge in [-0.25, -0.2) is 0 Å². The first-order valence-corrected chi connectivity index (χ1v) is 12.0. The SMILES string of the molecule is COc1ccc(C[C@H](NC(=O)[C@H](CO)NC(C)=O)C(=O)N[C@@H](Cc2ccccc2)C(=O)[C@@]2(C)CO2)cc1. The van der Waals surface area contributed by atoms with E-state index in [0.717, 1.165) is 11.1 Å². The van der Waals surface area contributed by atoms with Crippen molar-refractivity contribution in [2.75, 3.05) is 20.3 Å². The van der Waals surface area contributed by atoms with E-state index < -0.39 is 48.1 Å². The normalized spacial score (nSPS) is 18.6. The number of carbonyl (C=O) groups excluding carboxylic acids is 4. The first-order valence-electron chi connectivity index (χ1n) is 12.0.